The van der Waals surface area contributed by atoms with E-state index >= 15 is 0 Å². The molecule has 21 heavy (non-hydrogen) atoms. The second-order valence-electron chi connectivity index (χ2n) is 5.36. The summed E-state index contributed by atoms with van der Waals surface area (Å²) in [6.07, 6.45) is 1.12. The maximum absolute atomic E-state index is 6.32. The van der Waals surface area contributed by atoms with E-state index < -0.39 is 0 Å². The van der Waals surface area contributed by atoms with Crippen molar-refractivity contribution in [1.82, 2.24) is 5.32 Å². The normalized spacial score (nSPS) is 10.7. The highest BCUT2D eigenvalue weighted by Gasteiger charge is 2.04. The van der Waals surface area contributed by atoms with Crippen molar-refractivity contribution in [3.05, 3.63) is 58.1 Å². The molecule has 0 radical (unpaired) electrons. The average Bonchev–Trinajstić information content (AvgIpc) is 2.40. The van der Waals surface area contributed by atoms with Gasteiger partial charge in [-0.25, -0.2) is 0 Å². The van der Waals surface area contributed by atoms with Gasteiger partial charge in [-0.3, -0.25) is 0 Å². The number of hydrogen-bond donors (Lipinski definition) is 1. The van der Waals surface area contributed by atoms with Crippen LogP contribution in [0.4, 0.5) is 0 Å². The molecule has 2 rings (SSSR count). The van der Waals surface area contributed by atoms with Crippen molar-refractivity contribution in [3.8, 4) is 11.5 Å². The fraction of sp³-hybridized carbons (Fsp3) is 0.333. The Morgan fingerprint density at radius 3 is 2.33 bits per heavy atom. The SMILES string of the molecule is CCCNCc1ccc(Oc2cc(C)cc(C)c2)cc1Cl. The minimum atomic E-state index is 0.737. The third-order valence-electron chi connectivity index (χ3n) is 3.20. The first-order valence-electron chi connectivity index (χ1n) is 7.34. The number of nitrogens with one attached hydrogen (secondary N) is 1. The molecule has 0 spiro atoms. The third kappa shape index (κ3) is 4.76. The van der Waals surface area contributed by atoms with Crippen LogP contribution in [0, 0.1) is 13.8 Å². The summed E-state index contributed by atoms with van der Waals surface area (Å²) < 4.78 is 5.90. The quantitative estimate of drug-likeness (QED) is 0.736. The predicted octanol–water partition coefficient (Wildman–Crippen LogP) is 5.25. The monoisotopic (exact) mass is 303 g/mol. The number of rotatable bonds is 6. The molecular formula is C18H22ClNO. The van der Waals surface area contributed by atoms with Crippen LogP contribution in [0.15, 0.2) is 36.4 Å². The summed E-state index contributed by atoms with van der Waals surface area (Å²) in [6.45, 7) is 8.06. The summed E-state index contributed by atoms with van der Waals surface area (Å²) in [5.74, 6) is 1.62. The molecular weight excluding hydrogens is 282 g/mol. The van der Waals surface area contributed by atoms with Crippen LogP contribution in [0.1, 0.15) is 30.0 Å². The maximum Gasteiger partial charge on any atom is 0.128 e. The van der Waals surface area contributed by atoms with Crippen LogP contribution < -0.4 is 10.1 Å². The van der Waals surface area contributed by atoms with Crippen LogP contribution in [-0.4, -0.2) is 6.54 Å². The molecule has 0 saturated carbocycles. The number of benzene rings is 2. The zero-order valence-corrected chi connectivity index (χ0v) is 13.6. The van der Waals surface area contributed by atoms with Gasteiger partial charge in [-0.05, 0) is 67.8 Å². The molecule has 0 aliphatic carbocycles. The van der Waals surface area contributed by atoms with Gasteiger partial charge in [0.05, 0.1) is 0 Å². The van der Waals surface area contributed by atoms with Crippen molar-refractivity contribution in [2.24, 2.45) is 0 Å². The lowest BCUT2D eigenvalue weighted by atomic mass is 10.1. The highest BCUT2D eigenvalue weighted by atomic mass is 35.5. The first-order chi connectivity index (χ1) is 10.1. The Morgan fingerprint density at radius 2 is 1.71 bits per heavy atom. The molecule has 3 heteroatoms. The molecule has 0 aliphatic rings. The van der Waals surface area contributed by atoms with Gasteiger partial charge in [0.25, 0.3) is 0 Å². The molecule has 1 N–H and O–H groups in total. The highest BCUT2D eigenvalue weighted by molar-refractivity contribution is 6.31. The van der Waals surface area contributed by atoms with E-state index in [1.807, 2.05) is 30.3 Å². The molecule has 0 fully saturated rings. The van der Waals surface area contributed by atoms with Gasteiger partial charge in [0.1, 0.15) is 11.5 Å². The predicted molar refractivity (Wildman–Crippen MR) is 89.4 cm³/mol. The van der Waals surface area contributed by atoms with Gasteiger partial charge >= 0.3 is 0 Å². The fourth-order valence-corrected chi connectivity index (χ4v) is 2.50. The van der Waals surface area contributed by atoms with Crippen LogP contribution >= 0.6 is 11.6 Å². The van der Waals surface area contributed by atoms with Crippen molar-refractivity contribution in [3.63, 3.8) is 0 Å². The van der Waals surface area contributed by atoms with E-state index in [0.717, 1.165) is 41.6 Å². The van der Waals surface area contributed by atoms with Crippen LogP contribution in [-0.2, 0) is 6.54 Å². The lowest BCUT2D eigenvalue weighted by Crippen LogP contribution is -2.13. The van der Waals surface area contributed by atoms with Gasteiger partial charge in [-0.15, -0.1) is 0 Å². The van der Waals surface area contributed by atoms with Gasteiger partial charge in [-0.1, -0.05) is 30.7 Å². The molecule has 0 saturated heterocycles. The Labute approximate surface area is 132 Å². The molecule has 0 atom stereocenters. The maximum atomic E-state index is 6.32. The molecule has 2 aromatic carbocycles. The van der Waals surface area contributed by atoms with E-state index in [-0.39, 0.29) is 0 Å². The van der Waals surface area contributed by atoms with E-state index in [1.54, 1.807) is 0 Å². The standard InChI is InChI=1S/C18H22ClNO/c1-4-7-20-12-15-5-6-16(11-18(15)19)21-17-9-13(2)8-14(3)10-17/h5-6,8-11,20H,4,7,12H2,1-3H3. The molecule has 2 aromatic rings. The zero-order chi connectivity index (χ0) is 15.2. The second kappa shape index (κ2) is 7.48. The summed E-state index contributed by atoms with van der Waals surface area (Å²) in [6, 6.07) is 12.0. The number of halogens is 1. The molecule has 0 unspecified atom stereocenters. The summed E-state index contributed by atoms with van der Waals surface area (Å²) in [5.41, 5.74) is 3.48. The summed E-state index contributed by atoms with van der Waals surface area (Å²) in [4.78, 5) is 0. The van der Waals surface area contributed by atoms with Crippen LogP contribution in [0.25, 0.3) is 0 Å². The van der Waals surface area contributed by atoms with Crippen LogP contribution in [0.5, 0.6) is 11.5 Å². The zero-order valence-electron chi connectivity index (χ0n) is 12.9. The van der Waals surface area contributed by atoms with E-state index in [0.29, 0.717) is 0 Å². The van der Waals surface area contributed by atoms with Gasteiger partial charge < -0.3 is 10.1 Å². The van der Waals surface area contributed by atoms with Crippen molar-refractivity contribution in [2.45, 2.75) is 33.7 Å². The van der Waals surface area contributed by atoms with Gasteiger partial charge in [-0.2, -0.15) is 0 Å². The first kappa shape index (κ1) is 15.9. The second-order valence-corrected chi connectivity index (χ2v) is 5.76. The molecule has 0 heterocycles. The van der Waals surface area contributed by atoms with Gasteiger partial charge in [0.2, 0.25) is 0 Å². The summed E-state index contributed by atoms with van der Waals surface area (Å²) >= 11 is 6.32. The number of aryl methyl sites for hydroxylation is 2. The first-order valence-corrected chi connectivity index (χ1v) is 7.71. The Balaban J connectivity index is 2.09. The Kier molecular flexibility index (Phi) is 5.66. The topological polar surface area (TPSA) is 21.3 Å². The molecule has 0 aliphatic heterocycles. The van der Waals surface area contributed by atoms with Crippen LogP contribution in [0.3, 0.4) is 0 Å². The highest BCUT2D eigenvalue weighted by Crippen LogP contribution is 2.28. The van der Waals surface area contributed by atoms with Crippen molar-refractivity contribution in [1.29, 1.82) is 0 Å². The minimum absolute atomic E-state index is 0.737. The van der Waals surface area contributed by atoms with Crippen molar-refractivity contribution in [2.75, 3.05) is 6.54 Å². The van der Waals surface area contributed by atoms with Gasteiger partial charge in [0.15, 0.2) is 0 Å². The van der Waals surface area contributed by atoms with Crippen molar-refractivity contribution < 1.29 is 4.74 Å². The smallest absolute Gasteiger partial charge is 0.128 e. The van der Waals surface area contributed by atoms with E-state index in [9.17, 15) is 0 Å². The molecule has 112 valence electrons. The molecule has 0 amide bonds. The molecule has 0 bridgehead atoms. The summed E-state index contributed by atoms with van der Waals surface area (Å²) in [5, 5.41) is 4.09. The average molecular weight is 304 g/mol. The number of ether oxygens (including phenoxy) is 1. The minimum Gasteiger partial charge on any atom is -0.457 e. The third-order valence-corrected chi connectivity index (χ3v) is 3.55. The largest absolute Gasteiger partial charge is 0.457 e. The Morgan fingerprint density at radius 1 is 1.00 bits per heavy atom. The molecule has 0 aromatic heterocycles. The van der Waals surface area contributed by atoms with Crippen molar-refractivity contribution >= 4 is 11.6 Å². The summed E-state index contributed by atoms with van der Waals surface area (Å²) in [7, 11) is 0. The van der Waals surface area contributed by atoms with E-state index in [4.69, 9.17) is 16.3 Å². The fourth-order valence-electron chi connectivity index (χ4n) is 2.26. The lowest BCUT2D eigenvalue weighted by molar-refractivity contribution is 0.481. The Bertz CT molecular complexity index is 590. The molecule has 2 nitrogen and oxygen atoms in total. The van der Waals surface area contributed by atoms with E-state index in [2.05, 4.69) is 32.2 Å². The van der Waals surface area contributed by atoms with Crippen LogP contribution in [0.2, 0.25) is 5.02 Å². The van der Waals surface area contributed by atoms with E-state index in [1.165, 1.54) is 11.1 Å². The Hall–Kier alpha value is -1.51. The lowest BCUT2D eigenvalue weighted by Gasteiger charge is -2.10. The van der Waals surface area contributed by atoms with Gasteiger partial charge in [0, 0.05) is 11.6 Å². The number of hydrogen-bond acceptors (Lipinski definition) is 2.